The van der Waals surface area contributed by atoms with Crippen LogP contribution in [0.25, 0.3) is 11.4 Å². The normalized spacial score (nSPS) is 10.6. The molecule has 2 aromatic carbocycles. The quantitative estimate of drug-likeness (QED) is 0.672. The molecule has 122 valence electrons. The van der Waals surface area contributed by atoms with Crippen molar-refractivity contribution >= 4 is 35.0 Å². The Labute approximate surface area is 148 Å². The van der Waals surface area contributed by atoms with Crippen LogP contribution in [0.3, 0.4) is 0 Å². The SMILES string of the molecule is Cc1cc(Cl)ccc1NC(=O)CSc1n[nH]c(-c2ccccc2)n1. The van der Waals surface area contributed by atoms with E-state index in [-0.39, 0.29) is 11.7 Å². The Morgan fingerprint density at radius 3 is 2.79 bits per heavy atom. The molecule has 0 aliphatic rings. The average Bonchev–Trinajstić information content (AvgIpc) is 3.05. The number of halogens is 1. The van der Waals surface area contributed by atoms with Crippen LogP contribution in [0.1, 0.15) is 5.56 Å². The molecule has 0 spiro atoms. The van der Waals surface area contributed by atoms with Gasteiger partial charge in [-0.05, 0) is 30.7 Å². The topological polar surface area (TPSA) is 70.7 Å². The molecule has 2 N–H and O–H groups in total. The van der Waals surface area contributed by atoms with Gasteiger partial charge in [0.25, 0.3) is 0 Å². The number of amides is 1. The maximum Gasteiger partial charge on any atom is 0.234 e. The highest BCUT2D eigenvalue weighted by Gasteiger charge is 2.10. The van der Waals surface area contributed by atoms with Gasteiger partial charge in [0, 0.05) is 16.3 Å². The van der Waals surface area contributed by atoms with E-state index in [1.54, 1.807) is 12.1 Å². The summed E-state index contributed by atoms with van der Waals surface area (Å²) < 4.78 is 0. The molecular weight excluding hydrogens is 344 g/mol. The highest BCUT2D eigenvalue weighted by molar-refractivity contribution is 7.99. The summed E-state index contributed by atoms with van der Waals surface area (Å²) in [6.45, 7) is 1.90. The first-order valence-corrected chi connectivity index (χ1v) is 8.65. The molecule has 0 saturated carbocycles. The number of anilines is 1. The number of rotatable bonds is 5. The Morgan fingerprint density at radius 1 is 1.25 bits per heavy atom. The van der Waals surface area contributed by atoms with Crippen molar-refractivity contribution in [3.8, 4) is 11.4 Å². The highest BCUT2D eigenvalue weighted by Crippen LogP contribution is 2.21. The molecular formula is C17H15ClN4OS. The van der Waals surface area contributed by atoms with E-state index in [9.17, 15) is 4.79 Å². The van der Waals surface area contributed by atoms with Gasteiger partial charge in [-0.25, -0.2) is 4.98 Å². The summed E-state index contributed by atoms with van der Waals surface area (Å²) in [4.78, 5) is 16.5. The highest BCUT2D eigenvalue weighted by atomic mass is 35.5. The molecule has 0 fully saturated rings. The lowest BCUT2D eigenvalue weighted by Crippen LogP contribution is -2.14. The minimum Gasteiger partial charge on any atom is -0.325 e. The Hall–Kier alpha value is -2.31. The van der Waals surface area contributed by atoms with Crippen LogP contribution >= 0.6 is 23.4 Å². The van der Waals surface area contributed by atoms with Gasteiger partial charge in [0.1, 0.15) is 0 Å². The monoisotopic (exact) mass is 358 g/mol. The largest absolute Gasteiger partial charge is 0.325 e. The van der Waals surface area contributed by atoms with Gasteiger partial charge in [-0.15, -0.1) is 5.10 Å². The summed E-state index contributed by atoms with van der Waals surface area (Å²) in [7, 11) is 0. The Kier molecular flexibility index (Phi) is 5.17. The van der Waals surface area contributed by atoms with Crippen LogP contribution in [0.5, 0.6) is 0 Å². The molecule has 1 amide bonds. The Bertz CT molecular complexity index is 851. The van der Waals surface area contributed by atoms with Gasteiger partial charge in [-0.3, -0.25) is 9.89 Å². The maximum absolute atomic E-state index is 12.1. The van der Waals surface area contributed by atoms with E-state index in [4.69, 9.17) is 11.6 Å². The van der Waals surface area contributed by atoms with Crippen molar-refractivity contribution in [1.29, 1.82) is 0 Å². The molecule has 0 bridgehead atoms. The van der Waals surface area contributed by atoms with Gasteiger partial charge < -0.3 is 5.32 Å². The van der Waals surface area contributed by atoms with E-state index in [1.807, 2.05) is 43.3 Å². The number of nitrogens with zero attached hydrogens (tertiary/aromatic N) is 2. The molecule has 3 aromatic rings. The summed E-state index contributed by atoms with van der Waals surface area (Å²) >= 11 is 7.19. The number of hydrogen-bond donors (Lipinski definition) is 2. The first-order valence-electron chi connectivity index (χ1n) is 7.28. The molecule has 1 heterocycles. The van der Waals surface area contributed by atoms with Crippen LogP contribution in [0.4, 0.5) is 5.69 Å². The average molecular weight is 359 g/mol. The predicted octanol–water partition coefficient (Wildman–Crippen LogP) is 4.16. The van der Waals surface area contributed by atoms with Gasteiger partial charge in [-0.2, -0.15) is 0 Å². The first kappa shape index (κ1) is 16.5. The van der Waals surface area contributed by atoms with Gasteiger partial charge in [0.15, 0.2) is 5.82 Å². The van der Waals surface area contributed by atoms with Crippen LogP contribution in [-0.4, -0.2) is 26.8 Å². The van der Waals surface area contributed by atoms with Crippen LogP contribution in [-0.2, 0) is 4.79 Å². The zero-order valence-electron chi connectivity index (χ0n) is 12.9. The second-order valence-corrected chi connectivity index (χ2v) is 6.51. The fourth-order valence-electron chi connectivity index (χ4n) is 2.12. The van der Waals surface area contributed by atoms with Crippen molar-refractivity contribution in [2.24, 2.45) is 0 Å². The van der Waals surface area contributed by atoms with Crippen molar-refractivity contribution in [3.05, 3.63) is 59.1 Å². The number of nitrogens with one attached hydrogen (secondary N) is 2. The molecule has 1 aromatic heterocycles. The van der Waals surface area contributed by atoms with E-state index >= 15 is 0 Å². The predicted molar refractivity (Wildman–Crippen MR) is 97.4 cm³/mol. The van der Waals surface area contributed by atoms with Crippen molar-refractivity contribution in [1.82, 2.24) is 15.2 Å². The lowest BCUT2D eigenvalue weighted by Gasteiger charge is -2.07. The second-order valence-electron chi connectivity index (χ2n) is 5.13. The maximum atomic E-state index is 12.1. The number of aromatic nitrogens is 3. The molecule has 5 nitrogen and oxygen atoms in total. The minimum atomic E-state index is -0.114. The van der Waals surface area contributed by atoms with Crippen LogP contribution in [0, 0.1) is 6.92 Å². The van der Waals surface area contributed by atoms with Gasteiger partial charge in [-0.1, -0.05) is 53.7 Å². The lowest BCUT2D eigenvalue weighted by molar-refractivity contribution is -0.113. The molecule has 0 unspecified atom stereocenters. The molecule has 0 aliphatic carbocycles. The zero-order chi connectivity index (χ0) is 16.9. The first-order chi connectivity index (χ1) is 11.6. The number of H-pyrrole nitrogens is 1. The van der Waals surface area contributed by atoms with Crippen molar-refractivity contribution in [2.75, 3.05) is 11.1 Å². The van der Waals surface area contributed by atoms with Gasteiger partial charge in [0.2, 0.25) is 11.1 Å². The van der Waals surface area contributed by atoms with Crippen LogP contribution in [0.15, 0.2) is 53.7 Å². The number of aryl methyl sites for hydroxylation is 1. The number of carbonyl (C=O) groups excluding carboxylic acids is 1. The van der Waals surface area contributed by atoms with E-state index in [1.165, 1.54) is 11.8 Å². The van der Waals surface area contributed by atoms with Crippen molar-refractivity contribution < 1.29 is 4.79 Å². The molecule has 3 rings (SSSR count). The van der Waals surface area contributed by atoms with E-state index < -0.39 is 0 Å². The summed E-state index contributed by atoms with van der Waals surface area (Å²) in [5.41, 5.74) is 2.63. The lowest BCUT2D eigenvalue weighted by atomic mass is 10.2. The number of carbonyl (C=O) groups is 1. The summed E-state index contributed by atoms with van der Waals surface area (Å²) in [6, 6.07) is 15.1. The van der Waals surface area contributed by atoms with E-state index in [2.05, 4.69) is 20.5 Å². The molecule has 0 radical (unpaired) electrons. The third kappa shape index (κ3) is 4.15. The number of aromatic amines is 1. The van der Waals surface area contributed by atoms with Crippen molar-refractivity contribution in [2.45, 2.75) is 12.1 Å². The number of thioether (sulfide) groups is 1. The van der Waals surface area contributed by atoms with Crippen molar-refractivity contribution in [3.63, 3.8) is 0 Å². The van der Waals surface area contributed by atoms with E-state index in [0.717, 1.165) is 16.8 Å². The third-order valence-electron chi connectivity index (χ3n) is 3.31. The molecule has 7 heteroatoms. The fraction of sp³-hybridized carbons (Fsp3) is 0.118. The van der Waals surface area contributed by atoms with Crippen LogP contribution in [0.2, 0.25) is 5.02 Å². The molecule has 24 heavy (non-hydrogen) atoms. The zero-order valence-corrected chi connectivity index (χ0v) is 14.5. The number of benzene rings is 2. The summed E-state index contributed by atoms with van der Waals surface area (Å²) in [6.07, 6.45) is 0. The third-order valence-corrected chi connectivity index (χ3v) is 4.39. The van der Waals surface area contributed by atoms with Gasteiger partial charge in [0.05, 0.1) is 5.75 Å². The van der Waals surface area contributed by atoms with Gasteiger partial charge >= 0.3 is 0 Å². The second kappa shape index (κ2) is 7.51. The summed E-state index contributed by atoms with van der Waals surface area (Å²) in [5, 5.41) is 11.1. The smallest absolute Gasteiger partial charge is 0.234 e. The Morgan fingerprint density at radius 2 is 2.04 bits per heavy atom. The van der Waals surface area contributed by atoms with E-state index in [0.29, 0.717) is 16.0 Å². The fourth-order valence-corrected chi connectivity index (χ4v) is 2.94. The van der Waals surface area contributed by atoms with Crippen LogP contribution < -0.4 is 5.32 Å². The molecule has 0 aliphatic heterocycles. The minimum absolute atomic E-state index is 0.114. The Balaban J connectivity index is 1.58. The summed E-state index contributed by atoms with van der Waals surface area (Å²) in [5.74, 6) is 0.803. The standard InChI is InChI=1S/C17H15ClN4OS/c1-11-9-13(18)7-8-14(11)19-15(23)10-24-17-20-16(21-22-17)12-5-3-2-4-6-12/h2-9H,10H2,1H3,(H,19,23)(H,20,21,22). The molecule has 0 atom stereocenters. The molecule has 0 saturated heterocycles. The number of hydrogen-bond acceptors (Lipinski definition) is 4.